The topological polar surface area (TPSA) is 78.4 Å². The number of hydrogen-bond acceptors (Lipinski definition) is 4. The lowest BCUT2D eigenvalue weighted by Gasteiger charge is -2.32. The molecule has 1 aliphatic carbocycles. The van der Waals surface area contributed by atoms with Crippen LogP contribution < -0.4 is 10.5 Å². The molecular weight excluding hydrogens is 331 g/mol. The molecule has 2 rings (SSSR count). The van der Waals surface area contributed by atoms with Gasteiger partial charge in [-0.1, -0.05) is 19.3 Å². The summed E-state index contributed by atoms with van der Waals surface area (Å²) in [5, 5.41) is 11.0. The van der Waals surface area contributed by atoms with E-state index in [4.69, 9.17) is 10.5 Å². The minimum Gasteiger partial charge on any atom is -0.485 e. The second kappa shape index (κ2) is 6.05. The molecule has 1 saturated carbocycles. The number of ether oxygens (including phenoxy) is 1. The van der Waals surface area contributed by atoms with Gasteiger partial charge in [-0.3, -0.25) is 10.1 Å². The highest BCUT2D eigenvalue weighted by Crippen LogP contribution is 2.34. The van der Waals surface area contributed by atoms with Crippen LogP contribution in [0.3, 0.4) is 0 Å². The highest BCUT2D eigenvalue weighted by Gasteiger charge is 2.29. The summed E-state index contributed by atoms with van der Waals surface area (Å²) in [7, 11) is 0. The second-order valence-electron chi connectivity index (χ2n) is 5.20. The summed E-state index contributed by atoms with van der Waals surface area (Å²) < 4.78 is 19.0. The average Bonchev–Trinajstić information content (AvgIpc) is 2.40. The predicted octanol–water partition coefficient (Wildman–Crippen LogP) is 3.54. The second-order valence-corrected chi connectivity index (χ2v) is 6.06. The molecule has 0 amide bonds. The smallest absolute Gasteiger partial charge is 0.312 e. The van der Waals surface area contributed by atoms with Crippen LogP contribution in [0.25, 0.3) is 0 Å². The van der Waals surface area contributed by atoms with Crippen LogP contribution in [-0.2, 0) is 0 Å². The van der Waals surface area contributed by atoms with Crippen LogP contribution in [0.1, 0.15) is 32.1 Å². The summed E-state index contributed by atoms with van der Waals surface area (Å²) in [5.74, 6) is -0.675. The molecule has 1 aromatic rings. The first-order chi connectivity index (χ1) is 9.41. The average molecular weight is 347 g/mol. The Balaban J connectivity index is 2.16. The van der Waals surface area contributed by atoms with Crippen LogP contribution in [0.15, 0.2) is 16.6 Å². The molecule has 110 valence electrons. The third-order valence-corrected chi connectivity index (χ3v) is 4.17. The Hall–Kier alpha value is -1.21. The predicted molar refractivity (Wildman–Crippen MR) is 76.3 cm³/mol. The van der Waals surface area contributed by atoms with Crippen molar-refractivity contribution >= 4 is 21.6 Å². The van der Waals surface area contributed by atoms with E-state index in [1.807, 2.05) is 0 Å². The van der Waals surface area contributed by atoms with Gasteiger partial charge in [-0.25, -0.2) is 4.39 Å². The highest BCUT2D eigenvalue weighted by atomic mass is 79.9. The normalized spacial score (nSPS) is 17.8. The summed E-state index contributed by atoms with van der Waals surface area (Å²) in [6.07, 6.45) is 4.83. The first kappa shape index (κ1) is 15.2. The SMILES string of the molecule is NC1(COc2cc(F)c(Br)cc2[N+](=O)[O-])CCCCC1. The van der Waals surface area contributed by atoms with Gasteiger partial charge in [0.05, 0.1) is 14.9 Å². The van der Waals surface area contributed by atoms with E-state index >= 15 is 0 Å². The van der Waals surface area contributed by atoms with Crippen molar-refractivity contribution in [1.29, 1.82) is 0 Å². The van der Waals surface area contributed by atoms with Crippen LogP contribution in [0.5, 0.6) is 5.75 Å². The van der Waals surface area contributed by atoms with E-state index in [0.717, 1.165) is 44.2 Å². The van der Waals surface area contributed by atoms with E-state index in [0.29, 0.717) is 0 Å². The van der Waals surface area contributed by atoms with Gasteiger partial charge in [0.25, 0.3) is 0 Å². The van der Waals surface area contributed by atoms with E-state index in [9.17, 15) is 14.5 Å². The van der Waals surface area contributed by atoms with Crippen molar-refractivity contribution in [2.45, 2.75) is 37.6 Å². The standard InChI is InChI=1S/C13H16BrFN2O3/c14-9-6-11(17(18)19)12(7-10(9)15)20-8-13(16)4-2-1-3-5-13/h6-7H,1-5,8,16H2. The number of nitro groups is 1. The van der Waals surface area contributed by atoms with Gasteiger partial charge in [-0.05, 0) is 28.8 Å². The Morgan fingerprint density at radius 1 is 1.40 bits per heavy atom. The summed E-state index contributed by atoms with van der Waals surface area (Å²) in [4.78, 5) is 10.4. The van der Waals surface area contributed by atoms with Crippen molar-refractivity contribution in [3.8, 4) is 5.75 Å². The third kappa shape index (κ3) is 3.46. The van der Waals surface area contributed by atoms with E-state index in [2.05, 4.69) is 15.9 Å². The molecule has 0 spiro atoms. The molecule has 0 bridgehead atoms. The number of halogens is 2. The zero-order valence-electron chi connectivity index (χ0n) is 10.9. The maximum absolute atomic E-state index is 13.5. The Bertz CT molecular complexity index is 519. The molecule has 0 radical (unpaired) electrons. The quantitative estimate of drug-likeness (QED) is 0.668. The summed E-state index contributed by atoms with van der Waals surface area (Å²) in [6, 6.07) is 2.13. The van der Waals surface area contributed by atoms with Crippen LogP contribution in [0.4, 0.5) is 10.1 Å². The van der Waals surface area contributed by atoms with Gasteiger partial charge in [0.2, 0.25) is 0 Å². The summed E-state index contributed by atoms with van der Waals surface area (Å²) in [6.45, 7) is 0.162. The van der Waals surface area contributed by atoms with Crippen molar-refractivity contribution in [1.82, 2.24) is 0 Å². The van der Waals surface area contributed by atoms with Crippen molar-refractivity contribution in [2.24, 2.45) is 5.73 Å². The van der Waals surface area contributed by atoms with E-state index in [-0.39, 0.29) is 22.5 Å². The van der Waals surface area contributed by atoms with Gasteiger partial charge in [-0.2, -0.15) is 0 Å². The molecule has 0 heterocycles. The molecule has 0 atom stereocenters. The maximum atomic E-state index is 13.5. The van der Waals surface area contributed by atoms with Gasteiger partial charge < -0.3 is 10.5 Å². The van der Waals surface area contributed by atoms with Crippen LogP contribution in [0.2, 0.25) is 0 Å². The lowest BCUT2D eigenvalue weighted by Crippen LogP contribution is -2.47. The van der Waals surface area contributed by atoms with Crippen molar-refractivity contribution < 1.29 is 14.1 Å². The lowest BCUT2D eigenvalue weighted by molar-refractivity contribution is -0.386. The first-order valence-corrected chi connectivity index (χ1v) is 7.26. The number of hydrogen-bond donors (Lipinski definition) is 1. The molecule has 1 aromatic carbocycles. The highest BCUT2D eigenvalue weighted by molar-refractivity contribution is 9.10. The third-order valence-electron chi connectivity index (χ3n) is 3.56. The van der Waals surface area contributed by atoms with Gasteiger partial charge in [0, 0.05) is 12.1 Å². The number of rotatable bonds is 4. The molecule has 2 N–H and O–H groups in total. The van der Waals surface area contributed by atoms with E-state index in [1.165, 1.54) is 0 Å². The van der Waals surface area contributed by atoms with Gasteiger partial charge in [-0.15, -0.1) is 0 Å². The molecule has 0 saturated heterocycles. The van der Waals surface area contributed by atoms with Crippen molar-refractivity contribution in [3.63, 3.8) is 0 Å². The fourth-order valence-electron chi connectivity index (χ4n) is 2.40. The van der Waals surface area contributed by atoms with Crippen LogP contribution in [0, 0.1) is 15.9 Å². The molecule has 1 fully saturated rings. The van der Waals surface area contributed by atoms with Crippen molar-refractivity contribution in [3.05, 3.63) is 32.5 Å². The van der Waals surface area contributed by atoms with Crippen LogP contribution >= 0.6 is 15.9 Å². The monoisotopic (exact) mass is 346 g/mol. The maximum Gasteiger partial charge on any atom is 0.312 e. The molecule has 5 nitrogen and oxygen atoms in total. The zero-order chi connectivity index (χ0) is 14.8. The lowest BCUT2D eigenvalue weighted by atomic mass is 9.83. The number of nitrogens with two attached hydrogens (primary N) is 1. The van der Waals surface area contributed by atoms with Gasteiger partial charge in [0.1, 0.15) is 12.4 Å². The molecule has 20 heavy (non-hydrogen) atoms. The number of benzene rings is 1. The Labute approximate surface area is 124 Å². The first-order valence-electron chi connectivity index (χ1n) is 6.46. The Morgan fingerprint density at radius 2 is 2.05 bits per heavy atom. The fourth-order valence-corrected chi connectivity index (χ4v) is 2.73. The van der Waals surface area contributed by atoms with E-state index < -0.39 is 16.3 Å². The molecule has 1 aliphatic rings. The van der Waals surface area contributed by atoms with E-state index in [1.54, 1.807) is 0 Å². The number of nitrogens with zero attached hydrogens (tertiary/aromatic N) is 1. The minimum absolute atomic E-state index is 0.0386. The summed E-state index contributed by atoms with van der Waals surface area (Å²) in [5.41, 5.74) is 5.46. The largest absolute Gasteiger partial charge is 0.485 e. The molecule has 7 heteroatoms. The van der Waals surface area contributed by atoms with Crippen LogP contribution in [-0.4, -0.2) is 17.1 Å². The van der Waals surface area contributed by atoms with Crippen molar-refractivity contribution in [2.75, 3.05) is 6.61 Å². The number of nitro benzene ring substituents is 1. The fraction of sp³-hybridized carbons (Fsp3) is 0.538. The molecule has 0 aliphatic heterocycles. The zero-order valence-corrected chi connectivity index (χ0v) is 12.5. The van der Waals surface area contributed by atoms with Gasteiger partial charge >= 0.3 is 5.69 Å². The Kier molecular flexibility index (Phi) is 4.59. The minimum atomic E-state index is -0.597. The molecule has 0 aromatic heterocycles. The molecule has 0 unspecified atom stereocenters. The molecular formula is C13H16BrFN2O3. The summed E-state index contributed by atoms with van der Waals surface area (Å²) >= 11 is 2.93. The van der Waals surface area contributed by atoms with Gasteiger partial charge in [0.15, 0.2) is 5.75 Å². The Morgan fingerprint density at radius 3 is 2.65 bits per heavy atom.